The summed E-state index contributed by atoms with van der Waals surface area (Å²) in [5.74, 6) is 2.49. The van der Waals surface area contributed by atoms with Crippen LogP contribution >= 0.6 is 34.8 Å². The fourth-order valence-electron chi connectivity index (χ4n) is 4.43. The molecule has 138 valence electrons. The Morgan fingerprint density at radius 1 is 1.19 bits per heavy atom. The minimum atomic E-state index is -0.000717. The number of carbonyl (C=O) groups is 1. The Labute approximate surface area is 167 Å². The summed E-state index contributed by atoms with van der Waals surface area (Å²) >= 11 is 18.4. The molecular weight excluding hydrogens is 393 g/mol. The molecule has 3 unspecified atom stereocenters. The van der Waals surface area contributed by atoms with Crippen LogP contribution in [0.3, 0.4) is 0 Å². The molecule has 0 aliphatic heterocycles. The monoisotopic (exact) mass is 411 g/mol. The van der Waals surface area contributed by atoms with Crippen LogP contribution in [0, 0.1) is 17.8 Å². The maximum absolute atomic E-state index is 12.4. The Bertz CT molecular complexity index is 835. The average molecular weight is 413 g/mol. The third-order valence-electron chi connectivity index (χ3n) is 5.65. The second kappa shape index (κ2) is 7.41. The normalized spacial score (nSPS) is 24.2. The number of nitrogens with zero attached hydrogens (tertiary/aromatic N) is 2. The molecule has 0 saturated heterocycles. The first-order valence-electron chi connectivity index (χ1n) is 8.94. The van der Waals surface area contributed by atoms with Crippen LogP contribution in [-0.2, 0) is 11.3 Å². The van der Waals surface area contributed by atoms with Crippen molar-refractivity contribution in [3.8, 4) is 0 Å². The molecule has 2 saturated carbocycles. The van der Waals surface area contributed by atoms with Gasteiger partial charge in [-0.05, 0) is 54.7 Å². The Kier molecular flexibility index (Phi) is 5.18. The average Bonchev–Trinajstić information content (AvgIpc) is 3.27. The minimum absolute atomic E-state index is 0.000717. The second-order valence-electron chi connectivity index (χ2n) is 7.45. The van der Waals surface area contributed by atoms with E-state index in [9.17, 15) is 4.79 Å². The molecule has 2 aliphatic carbocycles. The number of rotatable bonds is 5. The van der Waals surface area contributed by atoms with Gasteiger partial charge in [-0.2, -0.15) is 5.10 Å². The molecule has 7 heteroatoms. The lowest BCUT2D eigenvalue weighted by Gasteiger charge is -2.20. The van der Waals surface area contributed by atoms with E-state index in [-0.39, 0.29) is 5.91 Å². The smallest absolute Gasteiger partial charge is 0.225 e. The van der Waals surface area contributed by atoms with E-state index in [1.165, 1.54) is 25.7 Å². The molecule has 2 aromatic rings. The predicted octanol–water partition coefficient (Wildman–Crippen LogP) is 5.66. The third kappa shape index (κ3) is 3.88. The van der Waals surface area contributed by atoms with Gasteiger partial charge in [0.2, 0.25) is 5.91 Å². The first-order valence-corrected chi connectivity index (χ1v) is 10.1. The number of fused-ring (bicyclic) bond motifs is 2. The highest BCUT2D eigenvalue weighted by Gasteiger charge is 2.40. The molecule has 4 rings (SSSR count). The van der Waals surface area contributed by atoms with E-state index in [1.54, 1.807) is 23.0 Å². The third-order valence-corrected chi connectivity index (χ3v) is 6.52. The fraction of sp³-hybridized carbons (Fsp3) is 0.474. The molecule has 2 bridgehead atoms. The van der Waals surface area contributed by atoms with Crippen LogP contribution in [0.25, 0.3) is 0 Å². The van der Waals surface area contributed by atoms with Gasteiger partial charge in [0, 0.05) is 22.7 Å². The number of carbonyl (C=O) groups excluding carboxylic acids is 1. The van der Waals surface area contributed by atoms with Crippen LogP contribution in [-0.4, -0.2) is 15.7 Å². The fourth-order valence-corrected chi connectivity index (χ4v) is 5.10. The van der Waals surface area contributed by atoms with Gasteiger partial charge in [-0.25, -0.2) is 0 Å². The Balaban J connectivity index is 1.39. The summed E-state index contributed by atoms with van der Waals surface area (Å²) < 4.78 is 1.67. The summed E-state index contributed by atoms with van der Waals surface area (Å²) in [4.78, 5) is 12.4. The summed E-state index contributed by atoms with van der Waals surface area (Å²) in [6, 6.07) is 5.33. The molecule has 1 aromatic heterocycles. The van der Waals surface area contributed by atoms with Crippen LogP contribution in [0.4, 0.5) is 5.82 Å². The molecule has 2 aliphatic rings. The summed E-state index contributed by atoms with van der Waals surface area (Å²) in [5.41, 5.74) is 0.884. The van der Waals surface area contributed by atoms with Gasteiger partial charge in [0.05, 0.1) is 6.54 Å². The number of hydrogen-bond acceptors (Lipinski definition) is 2. The highest BCUT2D eigenvalue weighted by Crippen LogP contribution is 2.49. The maximum Gasteiger partial charge on any atom is 0.225 e. The van der Waals surface area contributed by atoms with Crippen LogP contribution in [0.1, 0.15) is 37.7 Å². The molecular formula is C19H20Cl3N3O. The molecule has 0 radical (unpaired) electrons. The Hall–Kier alpha value is -1.23. The van der Waals surface area contributed by atoms with Gasteiger partial charge >= 0.3 is 0 Å². The second-order valence-corrected chi connectivity index (χ2v) is 8.70. The molecule has 26 heavy (non-hydrogen) atoms. The number of hydrogen-bond donors (Lipinski definition) is 1. The summed E-state index contributed by atoms with van der Waals surface area (Å²) in [6.45, 7) is 0.456. The molecule has 2 fully saturated rings. The highest BCUT2D eigenvalue weighted by molar-refractivity contribution is 6.35. The zero-order valence-electron chi connectivity index (χ0n) is 14.2. The topological polar surface area (TPSA) is 46.9 Å². The van der Waals surface area contributed by atoms with E-state index in [4.69, 9.17) is 34.8 Å². The van der Waals surface area contributed by atoms with Crippen molar-refractivity contribution in [1.29, 1.82) is 0 Å². The Morgan fingerprint density at radius 3 is 2.73 bits per heavy atom. The molecule has 1 aromatic carbocycles. The van der Waals surface area contributed by atoms with Gasteiger partial charge < -0.3 is 5.32 Å². The predicted molar refractivity (Wildman–Crippen MR) is 105 cm³/mol. The van der Waals surface area contributed by atoms with Crippen molar-refractivity contribution >= 4 is 46.5 Å². The standard InChI is InChI=1S/C19H20Cl3N3O/c20-15-4-3-13(16(21)8-15)9-25-10-17(22)19(24-25)23-18(26)7-14-6-11-1-2-12(14)5-11/h3-4,8,10-12,14H,1-2,5-7,9H2,(H,23,24,26). The zero-order chi connectivity index (χ0) is 18.3. The zero-order valence-corrected chi connectivity index (χ0v) is 16.5. The summed E-state index contributed by atoms with van der Waals surface area (Å²) in [5, 5.41) is 8.85. The van der Waals surface area contributed by atoms with Crippen molar-refractivity contribution in [2.75, 3.05) is 5.32 Å². The SMILES string of the molecule is O=C(CC1CC2CCC1C2)Nc1nn(Cc2ccc(Cl)cc2Cl)cc1Cl. The number of nitrogens with one attached hydrogen (secondary N) is 1. The Morgan fingerprint density at radius 2 is 2.04 bits per heavy atom. The molecule has 3 atom stereocenters. The lowest BCUT2D eigenvalue weighted by Crippen LogP contribution is -2.20. The van der Waals surface area contributed by atoms with Gasteiger partial charge in [0.1, 0.15) is 5.02 Å². The number of amides is 1. The van der Waals surface area contributed by atoms with Crippen LogP contribution in [0.15, 0.2) is 24.4 Å². The molecule has 1 heterocycles. The van der Waals surface area contributed by atoms with Crippen LogP contribution in [0.5, 0.6) is 0 Å². The number of aromatic nitrogens is 2. The van der Waals surface area contributed by atoms with E-state index in [0.717, 1.165) is 17.4 Å². The number of halogens is 3. The van der Waals surface area contributed by atoms with E-state index < -0.39 is 0 Å². The van der Waals surface area contributed by atoms with Crippen LogP contribution in [0.2, 0.25) is 15.1 Å². The molecule has 1 amide bonds. The molecule has 1 N–H and O–H groups in total. The quantitative estimate of drug-likeness (QED) is 0.689. The van der Waals surface area contributed by atoms with Crippen LogP contribution < -0.4 is 5.32 Å². The molecule has 4 nitrogen and oxygen atoms in total. The lowest BCUT2D eigenvalue weighted by molar-refractivity contribution is -0.117. The van der Waals surface area contributed by atoms with Crippen molar-refractivity contribution in [2.45, 2.75) is 38.6 Å². The molecule has 0 spiro atoms. The van der Waals surface area contributed by atoms with E-state index in [2.05, 4.69) is 10.4 Å². The lowest BCUT2D eigenvalue weighted by atomic mass is 9.86. The summed E-state index contributed by atoms with van der Waals surface area (Å²) in [7, 11) is 0. The largest absolute Gasteiger partial charge is 0.308 e. The van der Waals surface area contributed by atoms with Crippen molar-refractivity contribution < 1.29 is 4.79 Å². The van der Waals surface area contributed by atoms with Crippen molar-refractivity contribution in [2.24, 2.45) is 17.8 Å². The van der Waals surface area contributed by atoms with Crippen molar-refractivity contribution in [3.63, 3.8) is 0 Å². The number of benzene rings is 1. The summed E-state index contributed by atoms with van der Waals surface area (Å²) in [6.07, 6.45) is 7.36. The minimum Gasteiger partial charge on any atom is -0.308 e. The van der Waals surface area contributed by atoms with Gasteiger partial charge in [0.15, 0.2) is 5.82 Å². The van der Waals surface area contributed by atoms with Crippen molar-refractivity contribution in [1.82, 2.24) is 9.78 Å². The maximum atomic E-state index is 12.4. The van der Waals surface area contributed by atoms with E-state index >= 15 is 0 Å². The van der Waals surface area contributed by atoms with Gasteiger partial charge in [-0.3, -0.25) is 9.48 Å². The highest BCUT2D eigenvalue weighted by atomic mass is 35.5. The number of anilines is 1. The van der Waals surface area contributed by atoms with Gasteiger partial charge in [-0.1, -0.05) is 47.3 Å². The first-order chi connectivity index (χ1) is 12.5. The first kappa shape index (κ1) is 18.1. The van der Waals surface area contributed by atoms with E-state index in [1.807, 2.05) is 6.07 Å². The van der Waals surface area contributed by atoms with Gasteiger partial charge in [0.25, 0.3) is 0 Å². The van der Waals surface area contributed by atoms with E-state index in [0.29, 0.717) is 39.8 Å². The van der Waals surface area contributed by atoms with Crippen molar-refractivity contribution in [3.05, 3.63) is 45.0 Å². The van der Waals surface area contributed by atoms with Gasteiger partial charge in [-0.15, -0.1) is 0 Å².